The van der Waals surface area contributed by atoms with E-state index in [1.807, 2.05) is 0 Å². The molecule has 158 valence electrons. The summed E-state index contributed by atoms with van der Waals surface area (Å²) in [6.07, 6.45) is -0.701. The summed E-state index contributed by atoms with van der Waals surface area (Å²) < 4.78 is 65.1. The number of amides is 2. The number of hydrogen-bond acceptors (Lipinski definition) is 4. The molecular formula is C17H20F3N5O3S. The zero-order valence-corrected chi connectivity index (χ0v) is 16.3. The van der Waals surface area contributed by atoms with Gasteiger partial charge in [-0.25, -0.2) is 22.6 Å². The van der Waals surface area contributed by atoms with E-state index in [1.165, 1.54) is 34.0 Å². The molecule has 1 unspecified atom stereocenters. The minimum Gasteiger partial charge on any atom is -0.323 e. The predicted octanol–water partition coefficient (Wildman–Crippen LogP) is 2.44. The van der Waals surface area contributed by atoms with E-state index in [1.54, 1.807) is 0 Å². The maximum absolute atomic E-state index is 12.9. The van der Waals surface area contributed by atoms with Gasteiger partial charge in [-0.15, -0.1) is 5.10 Å². The lowest BCUT2D eigenvalue weighted by molar-refractivity contribution is -0.137. The van der Waals surface area contributed by atoms with E-state index in [2.05, 4.69) is 15.1 Å². The third-order valence-corrected chi connectivity index (χ3v) is 5.11. The second-order valence-corrected chi connectivity index (χ2v) is 8.58. The number of sulfonamides is 1. The van der Waals surface area contributed by atoms with Crippen LogP contribution in [0.15, 0.2) is 36.5 Å². The molecule has 8 nitrogen and oxygen atoms in total. The van der Waals surface area contributed by atoms with Crippen LogP contribution in [0.2, 0.25) is 0 Å². The standard InChI is InChI=1S/C17H20F3N5O3S/c1-29(27,28)23-13-5-3-8-24(11-13)16(26)21-15-7-9-25(22-15)14-6-2-4-12(10-14)17(18,19)20/h2,4,6-7,9-10,13,23H,3,5,8,11H2,1H3,(H,21,22,26). The summed E-state index contributed by atoms with van der Waals surface area (Å²) in [5, 5.41) is 6.68. The van der Waals surface area contributed by atoms with Crippen LogP contribution < -0.4 is 10.0 Å². The molecule has 0 radical (unpaired) electrons. The number of rotatable bonds is 4. The van der Waals surface area contributed by atoms with E-state index in [4.69, 9.17) is 0 Å². The highest BCUT2D eigenvalue weighted by Crippen LogP contribution is 2.30. The van der Waals surface area contributed by atoms with Crippen LogP contribution in [0.3, 0.4) is 0 Å². The van der Waals surface area contributed by atoms with Crippen molar-refractivity contribution >= 4 is 21.9 Å². The van der Waals surface area contributed by atoms with Crippen molar-refractivity contribution in [3.05, 3.63) is 42.1 Å². The Morgan fingerprint density at radius 2 is 2.03 bits per heavy atom. The van der Waals surface area contributed by atoms with Gasteiger partial charge in [-0.05, 0) is 31.0 Å². The van der Waals surface area contributed by atoms with Crippen LogP contribution in [0.1, 0.15) is 18.4 Å². The molecule has 0 spiro atoms. The van der Waals surface area contributed by atoms with Crippen LogP contribution in [-0.4, -0.2) is 54.5 Å². The summed E-state index contributed by atoms with van der Waals surface area (Å²) in [6, 6.07) is 5.32. The van der Waals surface area contributed by atoms with E-state index in [0.717, 1.165) is 18.4 Å². The summed E-state index contributed by atoms with van der Waals surface area (Å²) in [4.78, 5) is 13.9. The van der Waals surface area contributed by atoms with Crippen LogP contribution in [0.25, 0.3) is 5.69 Å². The van der Waals surface area contributed by atoms with Crippen molar-refractivity contribution in [3.63, 3.8) is 0 Å². The average molecular weight is 431 g/mol. The highest BCUT2D eigenvalue weighted by molar-refractivity contribution is 7.88. The smallest absolute Gasteiger partial charge is 0.323 e. The number of aromatic nitrogens is 2. The highest BCUT2D eigenvalue weighted by Gasteiger charge is 2.30. The van der Waals surface area contributed by atoms with Crippen LogP contribution in [0, 0.1) is 0 Å². The molecule has 2 heterocycles. The van der Waals surface area contributed by atoms with Gasteiger partial charge in [0.25, 0.3) is 0 Å². The number of carbonyl (C=O) groups excluding carboxylic acids is 1. The Balaban J connectivity index is 1.66. The van der Waals surface area contributed by atoms with Gasteiger partial charge in [-0.3, -0.25) is 5.32 Å². The molecule has 1 aliphatic heterocycles. The molecule has 2 aromatic rings. The fourth-order valence-corrected chi connectivity index (χ4v) is 3.91. The lowest BCUT2D eigenvalue weighted by atomic mass is 10.1. The van der Waals surface area contributed by atoms with E-state index >= 15 is 0 Å². The first kappa shape index (κ1) is 21.1. The number of piperidine rings is 1. The lowest BCUT2D eigenvalue weighted by Gasteiger charge is -2.32. The van der Waals surface area contributed by atoms with Crippen LogP contribution in [0.4, 0.5) is 23.8 Å². The normalized spacial score (nSPS) is 17.9. The summed E-state index contributed by atoms with van der Waals surface area (Å²) >= 11 is 0. The number of hydrogen-bond donors (Lipinski definition) is 2. The molecule has 29 heavy (non-hydrogen) atoms. The summed E-state index contributed by atoms with van der Waals surface area (Å²) in [7, 11) is -3.38. The molecule has 12 heteroatoms. The lowest BCUT2D eigenvalue weighted by Crippen LogP contribution is -2.50. The second kappa shape index (κ2) is 8.03. The minimum absolute atomic E-state index is 0.172. The number of anilines is 1. The van der Waals surface area contributed by atoms with E-state index in [9.17, 15) is 26.4 Å². The number of carbonyl (C=O) groups is 1. The van der Waals surface area contributed by atoms with Crippen molar-refractivity contribution < 1.29 is 26.4 Å². The number of nitrogens with one attached hydrogen (secondary N) is 2. The molecule has 1 aromatic heterocycles. The zero-order valence-electron chi connectivity index (χ0n) is 15.5. The summed E-state index contributed by atoms with van der Waals surface area (Å²) in [5.74, 6) is 0.172. The number of benzene rings is 1. The van der Waals surface area contributed by atoms with Gasteiger partial charge in [0.05, 0.1) is 17.5 Å². The van der Waals surface area contributed by atoms with E-state index < -0.39 is 27.8 Å². The molecule has 2 amide bonds. The molecule has 3 rings (SSSR count). The first-order valence-electron chi connectivity index (χ1n) is 8.78. The predicted molar refractivity (Wildman–Crippen MR) is 100 cm³/mol. The second-order valence-electron chi connectivity index (χ2n) is 6.80. The Bertz CT molecular complexity index is 990. The van der Waals surface area contributed by atoms with Crippen LogP contribution in [0.5, 0.6) is 0 Å². The first-order valence-corrected chi connectivity index (χ1v) is 10.7. The largest absolute Gasteiger partial charge is 0.416 e. The van der Waals surface area contributed by atoms with Gasteiger partial charge in [0.1, 0.15) is 0 Å². The van der Waals surface area contributed by atoms with Gasteiger partial charge in [-0.1, -0.05) is 6.07 Å². The maximum Gasteiger partial charge on any atom is 0.416 e. The van der Waals surface area contributed by atoms with Gasteiger partial charge in [0, 0.05) is 31.4 Å². The fraction of sp³-hybridized carbons (Fsp3) is 0.412. The molecule has 0 saturated carbocycles. The first-order chi connectivity index (χ1) is 13.5. The van der Waals surface area contributed by atoms with Gasteiger partial charge in [0.2, 0.25) is 10.0 Å². The van der Waals surface area contributed by atoms with Crippen LogP contribution >= 0.6 is 0 Å². The Morgan fingerprint density at radius 1 is 1.28 bits per heavy atom. The van der Waals surface area contributed by atoms with Crippen molar-refractivity contribution in [3.8, 4) is 5.69 Å². The number of likely N-dealkylation sites (tertiary alicyclic amines) is 1. The van der Waals surface area contributed by atoms with Crippen molar-refractivity contribution in [2.45, 2.75) is 25.1 Å². The van der Waals surface area contributed by atoms with E-state index in [0.29, 0.717) is 19.4 Å². The van der Waals surface area contributed by atoms with Crippen LogP contribution in [-0.2, 0) is 16.2 Å². The number of nitrogens with zero attached hydrogens (tertiary/aromatic N) is 3. The number of halogens is 3. The average Bonchev–Trinajstić information content (AvgIpc) is 3.08. The highest BCUT2D eigenvalue weighted by atomic mass is 32.2. The Morgan fingerprint density at radius 3 is 2.72 bits per heavy atom. The molecule has 0 bridgehead atoms. The minimum atomic E-state index is -4.47. The summed E-state index contributed by atoms with van der Waals surface area (Å²) in [5.41, 5.74) is -0.593. The molecule has 1 saturated heterocycles. The quantitative estimate of drug-likeness (QED) is 0.777. The number of alkyl halides is 3. The monoisotopic (exact) mass is 431 g/mol. The van der Waals surface area contributed by atoms with Gasteiger partial charge >= 0.3 is 12.2 Å². The molecule has 1 aromatic carbocycles. The van der Waals surface area contributed by atoms with Crippen molar-refractivity contribution in [2.75, 3.05) is 24.7 Å². The Labute approximate surface area is 165 Å². The van der Waals surface area contributed by atoms with Gasteiger partial charge < -0.3 is 4.90 Å². The molecule has 0 aliphatic carbocycles. The molecular weight excluding hydrogens is 411 g/mol. The fourth-order valence-electron chi connectivity index (χ4n) is 3.11. The Kier molecular flexibility index (Phi) is 5.85. The SMILES string of the molecule is CS(=O)(=O)NC1CCCN(C(=O)Nc2ccn(-c3cccc(C(F)(F)F)c3)n2)C1. The third kappa shape index (κ3) is 5.70. The van der Waals surface area contributed by atoms with Gasteiger partial charge in [-0.2, -0.15) is 13.2 Å². The van der Waals surface area contributed by atoms with E-state index in [-0.39, 0.29) is 24.1 Å². The molecule has 2 N–H and O–H groups in total. The maximum atomic E-state index is 12.9. The van der Waals surface area contributed by atoms with Gasteiger partial charge in [0.15, 0.2) is 5.82 Å². The molecule has 1 fully saturated rings. The molecule has 1 aliphatic rings. The van der Waals surface area contributed by atoms with Crippen molar-refractivity contribution in [2.24, 2.45) is 0 Å². The van der Waals surface area contributed by atoms with Crippen molar-refractivity contribution in [1.82, 2.24) is 19.4 Å². The topological polar surface area (TPSA) is 96.3 Å². The Hall–Kier alpha value is -2.60. The molecule has 1 atom stereocenters. The zero-order chi connectivity index (χ0) is 21.2. The number of urea groups is 1. The third-order valence-electron chi connectivity index (χ3n) is 4.35. The summed E-state index contributed by atoms with van der Waals surface area (Å²) in [6.45, 7) is 0.676. The van der Waals surface area contributed by atoms with Crippen molar-refractivity contribution in [1.29, 1.82) is 0 Å².